The number of amides is 1. The van der Waals surface area contributed by atoms with Gasteiger partial charge in [0.05, 0.1) is 21.3 Å². The first kappa shape index (κ1) is 19.1. The Bertz CT molecular complexity index is 1190. The third-order valence-corrected chi connectivity index (χ3v) is 4.29. The minimum absolute atomic E-state index is 0.0450. The highest BCUT2D eigenvalue weighted by Crippen LogP contribution is 2.44. The Morgan fingerprint density at radius 1 is 1.07 bits per heavy atom. The second-order valence-corrected chi connectivity index (χ2v) is 6.09. The van der Waals surface area contributed by atoms with E-state index in [0.29, 0.717) is 22.9 Å². The maximum absolute atomic E-state index is 12.1. The first-order valence-electron chi connectivity index (χ1n) is 8.79. The highest BCUT2D eigenvalue weighted by molar-refractivity contribution is 5.89. The van der Waals surface area contributed by atoms with Gasteiger partial charge in [0.2, 0.25) is 17.6 Å². The lowest BCUT2D eigenvalue weighted by molar-refractivity contribution is -0.117. The molecule has 0 fully saturated rings. The fourth-order valence-corrected chi connectivity index (χ4v) is 2.99. The molecule has 0 bridgehead atoms. The van der Waals surface area contributed by atoms with Gasteiger partial charge in [-0.2, -0.15) is 4.98 Å². The third kappa shape index (κ3) is 3.57. The van der Waals surface area contributed by atoms with Gasteiger partial charge < -0.3 is 14.2 Å². The number of anilines is 1. The van der Waals surface area contributed by atoms with Gasteiger partial charge in [0.25, 0.3) is 0 Å². The number of pyridine rings is 1. The van der Waals surface area contributed by atoms with Gasteiger partial charge in [0.1, 0.15) is 12.9 Å². The lowest BCUT2D eigenvalue weighted by atomic mass is 10.1. The fourth-order valence-electron chi connectivity index (χ4n) is 2.99. The summed E-state index contributed by atoms with van der Waals surface area (Å²) in [6.07, 6.45) is 3.13. The lowest BCUT2D eigenvalue weighted by Crippen LogP contribution is -2.19. The van der Waals surface area contributed by atoms with Gasteiger partial charge in [0.15, 0.2) is 17.1 Å². The van der Waals surface area contributed by atoms with E-state index in [1.807, 2.05) is 12.1 Å². The summed E-state index contributed by atoms with van der Waals surface area (Å²) >= 11 is 0. The van der Waals surface area contributed by atoms with Crippen LogP contribution in [0, 0.1) is 0 Å². The molecule has 12 nitrogen and oxygen atoms in total. The van der Waals surface area contributed by atoms with Crippen molar-refractivity contribution in [3.05, 3.63) is 36.8 Å². The zero-order valence-electron chi connectivity index (χ0n) is 16.4. The van der Waals surface area contributed by atoms with Crippen LogP contribution in [0.2, 0.25) is 0 Å². The Kier molecular flexibility index (Phi) is 5.11. The summed E-state index contributed by atoms with van der Waals surface area (Å²) < 4.78 is 19.2. The van der Waals surface area contributed by atoms with Crippen LogP contribution in [-0.4, -0.2) is 62.0 Å². The summed E-state index contributed by atoms with van der Waals surface area (Å²) in [4.78, 5) is 16.4. The predicted molar refractivity (Wildman–Crippen MR) is 105 cm³/mol. The van der Waals surface area contributed by atoms with Gasteiger partial charge in [0, 0.05) is 17.3 Å². The van der Waals surface area contributed by atoms with Crippen molar-refractivity contribution in [1.82, 2.24) is 34.8 Å². The van der Waals surface area contributed by atoms with E-state index in [4.69, 9.17) is 14.2 Å². The number of aromatic nitrogens is 7. The molecule has 3 aromatic heterocycles. The second kappa shape index (κ2) is 8.03. The number of methoxy groups -OCH3 is 3. The van der Waals surface area contributed by atoms with Gasteiger partial charge in [-0.1, -0.05) is 0 Å². The van der Waals surface area contributed by atoms with Crippen LogP contribution < -0.4 is 19.5 Å². The van der Waals surface area contributed by atoms with Crippen molar-refractivity contribution in [1.29, 1.82) is 0 Å². The van der Waals surface area contributed by atoms with Crippen LogP contribution in [0.1, 0.15) is 0 Å². The molecular weight excluding hydrogens is 392 g/mol. The minimum Gasteiger partial charge on any atom is -0.493 e. The Morgan fingerprint density at radius 2 is 1.90 bits per heavy atom. The Hall–Kier alpha value is -4.22. The molecule has 154 valence electrons. The summed E-state index contributed by atoms with van der Waals surface area (Å²) in [7, 11) is 4.68. The molecule has 0 saturated carbocycles. The molecular formula is C18H18N8O4. The average Bonchev–Trinajstić information content (AvgIpc) is 3.40. The van der Waals surface area contributed by atoms with Gasteiger partial charge in [-0.25, -0.2) is 9.20 Å². The molecule has 3 heterocycles. The third-order valence-electron chi connectivity index (χ3n) is 4.29. The van der Waals surface area contributed by atoms with Crippen LogP contribution in [0.4, 0.5) is 5.95 Å². The van der Waals surface area contributed by atoms with E-state index in [2.05, 4.69) is 30.9 Å². The van der Waals surface area contributed by atoms with E-state index in [1.54, 1.807) is 44.2 Å². The Morgan fingerprint density at radius 3 is 2.60 bits per heavy atom. The highest BCUT2D eigenvalue weighted by Gasteiger charge is 2.18. The van der Waals surface area contributed by atoms with Crippen molar-refractivity contribution in [2.24, 2.45) is 0 Å². The largest absolute Gasteiger partial charge is 0.493 e. The number of benzene rings is 1. The zero-order valence-corrected chi connectivity index (χ0v) is 16.4. The summed E-state index contributed by atoms with van der Waals surface area (Å²) in [6.45, 7) is -0.0450. The first-order valence-corrected chi connectivity index (χ1v) is 8.79. The number of fused-ring (bicyclic) bond motifs is 1. The van der Waals surface area contributed by atoms with Crippen molar-refractivity contribution < 1.29 is 19.0 Å². The van der Waals surface area contributed by atoms with E-state index in [-0.39, 0.29) is 18.4 Å². The number of tetrazole rings is 1. The molecule has 0 aliphatic heterocycles. The Labute approximate surface area is 170 Å². The van der Waals surface area contributed by atoms with Crippen molar-refractivity contribution >= 4 is 17.5 Å². The second-order valence-electron chi connectivity index (χ2n) is 6.09. The number of nitrogens with one attached hydrogen (secondary N) is 1. The van der Waals surface area contributed by atoms with Crippen LogP contribution in [0.3, 0.4) is 0 Å². The molecule has 1 amide bonds. The molecule has 4 aromatic rings. The number of rotatable bonds is 7. The molecule has 0 radical (unpaired) electrons. The maximum Gasteiger partial charge on any atom is 0.249 e. The van der Waals surface area contributed by atoms with Crippen LogP contribution >= 0.6 is 0 Å². The molecule has 0 unspecified atom stereocenters. The fraction of sp³-hybridized carbons (Fsp3) is 0.222. The van der Waals surface area contributed by atoms with Crippen molar-refractivity contribution in [3.63, 3.8) is 0 Å². The molecule has 12 heteroatoms. The van der Waals surface area contributed by atoms with Crippen LogP contribution in [0.25, 0.3) is 16.8 Å². The molecule has 0 aliphatic rings. The number of hydrogen-bond acceptors (Lipinski definition) is 9. The van der Waals surface area contributed by atoms with Gasteiger partial charge in [-0.3, -0.25) is 10.1 Å². The van der Waals surface area contributed by atoms with E-state index in [1.165, 1.54) is 11.0 Å². The van der Waals surface area contributed by atoms with E-state index < -0.39 is 0 Å². The topological polar surface area (TPSA) is 131 Å². The number of carbonyl (C=O) groups excluding carboxylic acids is 1. The Balaban J connectivity index is 1.64. The molecule has 4 rings (SSSR count). The smallest absolute Gasteiger partial charge is 0.249 e. The quantitative estimate of drug-likeness (QED) is 0.475. The molecule has 0 saturated heterocycles. The summed E-state index contributed by atoms with van der Waals surface area (Å²) in [5.74, 6) is 1.41. The summed E-state index contributed by atoms with van der Waals surface area (Å²) in [5.41, 5.74) is 2.17. The molecule has 0 spiro atoms. The normalized spacial score (nSPS) is 10.8. The van der Waals surface area contributed by atoms with Crippen molar-refractivity contribution in [3.8, 4) is 28.4 Å². The maximum atomic E-state index is 12.1. The van der Waals surface area contributed by atoms with Crippen LogP contribution in [-0.2, 0) is 11.3 Å². The monoisotopic (exact) mass is 410 g/mol. The summed E-state index contributed by atoms with van der Waals surface area (Å²) in [6, 6.07) is 7.33. The highest BCUT2D eigenvalue weighted by atomic mass is 16.5. The predicted octanol–water partition coefficient (Wildman–Crippen LogP) is 1.05. The zero-order chi connectivity index (χ0) is 21.1. The van der Waals surface area contributed by atoms with E-state index in [0.717, 1.165) is 11.1 Å². The number of nitrogens with zero attached hydrogens (tertiary/aromatic N) is 7. The summed E-state index contributed by atoms with van der Waals surface area (Å²) in [5, 5.41) is 17.6. The molecule has 1 aromatic carbocycles. The van der Waals surface area contributed by atoms with Gasteiger partial charge in [-0.05, 0) is 34.7 Å². The van der Waals surface area contributed by atoms with Crippen molar-refractivity contribution in [2.45, 2.75) is 6.54 Å². The van der Waals surface area contributed by atoms with Gasteiger partial charge >= 0.3 is 0 Å². The van der Waals surface area contributed by atoms with Crippen LogP contribution in [0.15, 0.2) is 36.8 Å². The number of carbonyl (C=O) groups is 1. The number of ether oxygens (including phenoxy) is 3. The van der Waals surface area contributed by atoms with E-state index in [9.17, 15) is 4.79 Å². The lowest BCUT2D eigenvalue weighted by Gasteiger charge is -2.15. The minimum atomic E-state index is -0.347. The average molecular weight is 410 g/mol. The first-order chi connectivity index (χ1) is 14.6. The van der Waals surface area contributed by atoms with Gasteiger partial charge in [-0.15, -0.1) is 10.2 Å². The number of hydrogen-bond donors (Lipinski definition) is 1. The molecule has 1 N–H and O–H groups in total. The SMILES string of the molecule is COc1ccc(-c2ccc3nc(NC(=O)Cn4cnnn4)nn3c2)c(OC)c1OC. The molecule has 0 atom stereocenters. The van der Waals surface area contributed by atoms with E-state index >= 15 is 0 Å². The molecule has 0 aliphatic carbocycles. The van der Waals surface area contributed by atoms with Crippen molar-refractivity contribution in [2.75, 3.05) is 26.6 Å². The standard InChI is InChI=1S/C18H18N8O4/c1-28-13-6-5-12(16(29-2)17(13)30-3)11-4-7-14-20-18(22-26(14)8-11)21-15(27)9-25-10-19-23-24-25/h4-8,10H,9H2,1-3H3,(H,21,22,27). The molecule has 30 heavy (non-hydrogen) atoms. The van der Waals surface area contributed by atoms with Crippen LogP contribution in [0.5, 0.6) is 17.2 Å².